The van der Waals surface area contributed by atoms with E-state index in [1.54, 1.807) is 6.08 Å². The maximum atomic E-state index is 12.1. The molecule has 0 radical (unpaired) electrons. The Labute approximate surface area is 98.4 Å². The number of nitrogens with two attached hydrogens (primary N) is 1. The van der Waals surface area contributed by atoms with Gasteiger partial charge >= 0.3 is 6.18 Å². The number of halogens is 3. The standard InChI is InChI=1S/C10H17F3N4/c1-2-4-15-9(14)16-8-3-5-17(6-8)7-10(11,12)13/h2,8H,1,3-7H2,(H3,14,15,16). The second-order valence-electron chi connectivity index (χ2n) is 3.99. The van der Waals surface area contributed by atoms with E-state index in [-0.39, 0.29) is 12.0 Å². The molecule has 0 spiro atoms. The average Bonchev–Trinajstić information content (AvgIpc) is 2.59. The minimum atomic E-state index is -4.14. The van der Waals surface area contributed by atoms with E-state index in [1.807, 2.05) is 0 Å². The van der Waals surface area contributed by atoms with Crippen LogP contribution >= 0.6 is 0 Å². The molecule has 1 saturated heterocycles. The second kappa shape index (κ2) is 5.90. The highest BCUT2D eigenvalue weighted by Gasteiger charge is 2.34. The van der Waals surface area contributed by atoms with Crippen LogP contribution < -0.4 is 11.1 Å². The Morgan fingerprint density at radius 1 is 1.59 bits per heavy atom. The van der Waals surface area contributed by atoms with Gasteiger partial charge in [-0.3, -0.25) is 4.90 Å². The van der Waals surface area contributed by atoms with Crippen molar-refractivity contribution in [3.05, 3.63) is 12.7 Å². The molecule has 1 unspecified atom stereocenters. The van der Waals surface area contributed by atoms with E-state index in [1.165, 1.54) is 4.90 Å². The highest BCUT2D eigenvalue weighted by Crippen LogP contribution is 2.19. The zero-order valence-corrected chi connectivity index (χ0v) is 9.50. The lowest BCUT2D eigenvalue weighted by molar-refractivity contribution is -0.143. The number of alkyl halides is 3. The predicted molar refractivity (Wildman–Crippen MR) is 60.7 cm³/mol. The predicted octanol–water partition coefficient (Wildman–Crippen LogP) is 0.713. The summed E-state index contributed by atoms with van der Waals surface area (Å²) >= 11 is 0. The Bertz CT molecular complexity index is 288. The fourth-order valence-electron chi connectivity index (χ4n) is 1.77. The molecule has 0 bridgehead atoms. The van der Waals surface area contributed by atoms with Crippen LogP contribution in [0, 0.1) is 0 Å². The van der Waals surface area contributed by atoms with Crippen LogP contribution in [0.5, 0.6) is 0 Å². The summed E-state index contributed by atoms with van der Waals surface area (Å²) in [4.78, 5) is 5.29. The summed E-state index contributed by atoms with van der Waals surface area (Å²) in [6, 6.07) is -0.0640. The zero-order chi connectivity index (χ0) is 12.9. The molecule has 3 N–H and O–H groups in total. The van der Waals surface area contributed by atoms with Crippen molar-refractivity contribution in [2.24, 2.45) is 10.7 Å². The molecule has 1 aliphatic rings. The maximum absolute atomic E-state index is 12.1. The van der Waals surface area contributed by atoms with Crippen molar-refractivity contribution in [2.75, 3.05) is 26.2 Å². The molecule has 1 rings (SSSR count). The van der Waals surface area contributed by atoms with Gasteiger partial charge in [-0.2, -0.15) is 13.2 Å². The topological polar surface area (TPSA) is 53.6 Å². The number of rotatable bonds is 4. The number of likely N-dealkylation sites (tertiary alicyclic amines) is 1. The quantitative estimate of drug-likeness (QED) is 0.439. The Balaban J connectivity index is 2.33. The zero-order valence-electron chi connectivity index (χ0n) is 9.50. The molecule has 1 atom stereocenters. The highest BCUT2D eigenvalue weighted by molar-refractivity contribution is 5.78. The van der Waals surface area contributed by atoms with Crippen LogP contribution in [0.1, 0.15) is 6.42 Å². The lowest BCUT2D eigenvalue weighted by Gasteiger charge is -2.18. The van der Waals surface area contributed by atoms with E-state index in [4.69, 9.17) is 5.73 Å². The Kier molecular flexibility index (Phi) is 4.80. The third-order valence-electron chi connectivity index (χ3n) is 2.42. The molecule has 17 heavy (non-hydrogen) atoms. The molecule has 0 aliphatic carbocycles. The van der Waals surface area contributed by atoms with E-state index in [0.29, 0.717) is 26.1 Å². The van der Waals surface area contributed by atoms with Crippen molar-refractivity contribution in [2.45, 2.75) is 18.6 Å². The minimum absolute atomic E-state index is 0.0640. The first-order valence-electron chi connectivity index (χ1n) is 5.37. The van der Waals surface area contributed by atoms with E-state index in [0.717, 1.165) is 0 Å². The smallest absolute Gasteiger partial charge is 0.370 e. The molecule has 1 fully saturated rings. The van der Waals surface area contributed by atoms with Crippen LogP contribution in [0.4, 0.5) is 13.2 Å². The molecule has 1 aliphatic heterocycles. The molecule has 0 aromatic heterocycles. The fourth-order valence-corrected chi connectivity index (χ4v) is 1.77. The molecule has 0 saturated carbocycles. The molecule has 4 nitrogen and oxygen atoms in total. The third kappa shape index (κ3) is 5.58. The van der Waals surface area contributed by atoms with Gasteiger partial charge in [0.1, 0.15) is 0 Å². The van der Waals surface area contributed by atoms with Crippen LogP contribution in [0.25, 0.3) is 0 Å². The van der Waals surface area contributed by atoms with Gasteiger partial charge in [0.2, 0.25) is 0 Å². The largest absolute Gasteiger partial charge is 0.401 e. The molecule has 0 amide bonds. The lowest BCUT2D eigenvalue weighted by atomic mass is 10.3. The van der Waals surface area contributed by atoms with Gasteiger partial charge < -0.3 is 11.1 Å². The average molecular weight is 250 g/mol. The summed E-state index contributed by atoms with van der Waals surface area (Å²) in [5, 5.41) is 2.90. The van der Waals surface area contributed by atoms with Crippen molar-refractivity contribution < 1.29 is 13.2 Å². The maximum Gasteiger partial charge on any atom is 0.401 e. The Morgan fingerprint density at radius 3 is 2.88 bits per heavy atom. The highest BCUT2D eigenvalue weighted by atomic mass is 19.4. The summed E-state index contributed by atoms with van der Waals surface area (Å²) < 4.78 is 36.4. The molecule has 0 aromatic carbocycles. The summed E-state index contributed by atoms with van der Waals surface area (Å²) in [5.41, 5.74) is 5.56. The van der Waals surface area contributed by atoms with E-state index >= 15 is 0 Å². The normalized spacial score (nSPS) is 22.8. The number of aliphatic imine (C=N–C) groups is 1. The van der Waals surface area contributed by atoms with Gasteiger partial charge in [0.15, 0.2) is 5.96 Å². The number of nitrogens with one attached hydrogen (secondary N) is 1. The van der Waals surface area contributed by atoms with E-state index in [9.17, 15) is 13.2 Å². The minimum Gasteiger partial charge on any atom is -0.370 e. The summed E-state index contributed by atoms with van der Waals surface area (Å²) in [7, 11) is 0. The molecule has 7 heteroatoms. The van der Waals surface area contributed by atoms with E-state index < -0.39 is 12.7 Å². The summed E-state index contributed by atoms with van der Waals surface area (Å²) in [6.07, 6.45) is -1.91. The number of nitrogens with zero attached hydrogens (tertiary/aromatic N) is 2. The van der Waals surface area contributed by atoms with Crippen LogP contribution in [0.3, 0.4) is 0 Å². The molecule has 1 heterocycles. The fraction of sp³-hybridized carbons (Fsp3) is 0.700. The first-order valence-corrected chi connectivity index (χ1v) is 5.37. The van der Waals surface area contributed by atoms with Crippen molar-refractivity contribution in [1.82, 2.24) is 10.2 Å². The number of hydrogen-bond donors (Lipinski definition) is 2. The van der Waals surface area contributed by atoms with Crippen molar-refractivity contribution in [3.63, 3.8) is 0 Å². The molecule has 98 valence electrons. The van der Waals surface area contributed by atoms with Gasteiger partial charge in [-0.15, -0.1) is 6.58 Å². The monoisotopic (exact) mass is 250 g/mol. The van der Waals surface area contributed by atoms with Gasteiger partial charge in [-0.05, 0) is 6.42 Å². The van der Waals surface area contributed by atoms with Crippen LogP contribution in [0.15, 0.2) is 17.6 Å². The third-order valence-corrected chi connectivity index (χ3v) is 2.42. The van der Waals surface area contributed by atoms with Gasteiger partial charge in [0.05, 0.1) is 13.1 Å². The van der Waals surface area contributed by atoms with Crippen molar-refractivity contribution >= 4 is 5.96 Å². The van der Waals surface area contributed by atoms with Gasteiger partial charge in [-0.25, -0.2) is 4.99 Å². The Hall–Kier alpha value is -1.24. The molecule has 0 aromatic rings. The first-order chi connectivity index (χ1) is 7.90. The SMILES string of the molecule is C=CCN=C(N)NC1CCN(CC(F)(F)F)C1. The summed E-state index contributed by atoms with van der Waals surface area (Å²) in [6.45, 7) is 3.79. The van der Waals surface area contributed by atoms with Crippen LogP contribution in [0.2, 0.25) is 0 Å². The second-order valence-corrected chi connectivity index (χ2v) is 3.99. The molecular formula is C10H17F3N4. The number of hydrogen-bond acceptors (Lipinski definition) is 2. The van der Waals surface area contributed by atoms with Crippen molar-refractivity contribution in [3.8, 4) is 0 Å². The lowest BCUT2D eigenvalue weighted by Crippen LogP contribution is -2.42. The first kappa shape index (κ1) is 13.8. The Morgan fingerprint density at radius 2 is 2.29 bits per heavy atom. The summed E-state index contributed by atoms with van der Waals surface area (Å²) in [5.74, 6) is 0.253. The van der Waals surface area contributed by atoms with E-state index in [2.05, 4.69) is 16.9 Å². The molecular weight excluding hydrogens is 233 g/mol. The van der Waals surface area contributed by atoms with Crippen LogP contribution in [-0.4, -0.2) is 49.3 Å². The van der Waals surface area contributed by atoms with Gasteiger partial charge in [0, 0.05) is 19.1 Å². The van der Waals surface area contributed by atoms with Gasteiger partial charge in [0.25, 0.3) is 0 Å². The van der Waals surface area contributed by atoms with Crippen LogP contribution in [-0.2, 0) is 0 Å². The van der Waals surface area contributed by atoms with Crippen molar-refractivity contribution in [1.29, 1.82) is 0 Å². The number of guanidine groups is 1. The van der Waals surface area contributed by atoms with Gasteiger partial charge in [-0.1, -0.05) is 6.08 Å².